The zero-order valence-electron chi connectivity index (χ0n) is 28.6. The standard InChI is InChI=1S/C31H31ClN6O4/c1-38(2)12-6-8-30(39)37-27-16-24-26(17-29(27)41-14-13-40-3)35-19-21(18-33)31(24)36-22-9-10-28(25(32)15-22)42-20-23-7-4-5-11-34-23/h4-11,15-17,19H,12-14,20H2,1-3H3,(H,35,36)(H,37,39)/b8-6+/i1D3,2D3. The zero-order valence-corrected chi connectivity index (χ0v) is 23.3. The van der Waals surface area contributed by atoms with Gasteiger partial charge in [-0.3, -0.25) is 14.8 Å². The van der Waals surface area contributed by atoms with Gasteiger partial charge in [-0.05, 0) is 50.3 Å². The molecule has 0 unspecified atom stereocenters. The lowest BCUT2D eigenvalue weighted by Gasteiger charge is -2.17. The molecule has 2 aromatic heterocycles. The topological polar surface area (TPSA) is 122 Å². The van der Waals surface area contributed by atoms with Crippen LogP contribution in [0.15, 0.2) is 73.1 Å². The number of fused-ring (bicyclic) bond motifs is 1. The molecule has 0 atom stereocenters. The number of likely N-dealkylation sites (N-methyl/N-ethyl adjacent to an activating group) is 1. The summed E-state index contributed by atoms with van der Waals surface area (Å²) in [5.41, 5.74) is 2.49. The molecule has 2 N–H and O–H groups in total. The molecule has 216 valence electrons. The van der Waals surface area contributed by atoms with E-state index in [1.54, 1.807) is 36.5 Å². The van der Waals surface area contributed by atoms with Gasteiger partial charge in [0.05, 0.1) is 39.8 Å². The zero-order chi connectivity index (χ0) is 34.9. The first-order valence-corrected chi connectivity index (χ1v) is 13.0. The minimum absolute atomic E-state index is 0.140. The summed E-state index contributed by atoms with van der Waals surface area (Å²) in [4.78, 5) is 21.9. The van der Waals surface area contributed by atoms with E-state index in [1.807, 2.05) is 18.2 Å². The number of hydrogen-bond donors (Lipinski definition) is 2. The number of amides is 1. The molecule has 0 saturated heterocycles. The quantitative estimate of drug-likeness (QED) is 0.152. The third-order valence-corrected chi connectivity index (χ3v) is 6.05. The molecular weight excluding hydrogens is 556 g/mol. The van der Waals surface area contributed by atoms with Crippen LogP contribution in [-0.4, -0.2) is 61.6 Å². The molecule has 2 heterocycles. The van der Waals surface area contributed by atoms with Gasteiger partial charge in [0, 0.05) is 57.5 Å². The summed E-state index contributed by atoms with van der Waals surface area (Å²) in [6.45, 7) is -5.73. The van der Waals surface area contributed by atoms with E-state index in [-0.39, 0.29) is 36.8 Å². The van der Waals surface area contributed by atoms with Crippen LogP contribution < -0.4 is 20.1 Å². The number of aromatic nitrogens is 2. The number of nitrogens with one attached hydrogen (secondary N) is 2. The van der Waals surface area contributed by atoms with Crippen LogP contribution in [0.2, 0.25) is 5.02 Å². The van der Waals surface area contributed by atoms with E-state index in [0.717, 1.165) is 17.8 Å². The average molecular weight is 593 g/mol. The first-order chi connectivity index (χ1) is 22.8. The van der Waals surface area contributed by atoms with Crippen molar-refractivity contribution in [1.82, 2.24) is 14.9 Å². The van der Waals surface area contributed by atoms with Gasteiger partial charge in [-0.15, -0.1) is 0 Å². The molecular formula is C31H31ClN6O4. The van der Waals surface area contributed by atoms with E-state index in [0.29, 0.717) is 37.9 Å². The first-order valence-electron chi connectivity index (χ1n) is 15.6. The van der Waals surface area contributed by atoms with Gasteiger partial charge in [-0.1, -0.05) is 23.7 Å². The lowest BCUT2D eigenvalue weighted by molar-refractivity contribution is -0.111. The number of nitriles is 1. The van der Waals surface area contributed by atoms with Gasteiger partial charge in [0.2, 0.25) is 5.91 Å². The van der Waals surface area contributed by atoms with Crippen LogP contribution in [-0.2, 0) is 16.1 Å². The number of anilines is 3. The summed E-state index contributed by atoms with van der Waals surface area (Å²) in [6.07, 6.45) is 5.23. The smallest absolute Gasteiger partial charge is 0.248 e. The fourth-order valence-electron chi connectivity index (χ4n) is 3.81. The second kappa shape index (κ2) is 14.8. The van der Waals surface area contributed by atoms with Crippen LogP contribution in [0.25, 0.3) is 10.9 Å². The van der Waals surface area contributed by atoms with Gasteiger partial charge in [-0.2, -0.15) is 5.26 Å². The maximum Gasteiger partial charge on any atom is 0.248 e. The van der Waals surface area contributed by atoms with E-state index >= 15 is 0 Å². The van der Waals surface area contributed by atoms with E-state index in [4.69, 9.17) is 34.0 Å². The molecule has 10 nitrogen and oxygen atoms in total. The maximum atomic E-state index is 12.9. The number of rotatable bonds is 13. The van der Waals surface area contributed by atoms with Crippen LogP contribution in [0.5, 0.6) is 11.5 Å². The molecule has 1 amide bonds. The summed E-state index contributed by atoms with van der Waals surface area (Å²) in [6, 6.07) is 15.8. The highest BCUT2D eigenvalue weighted by Gasteiger charge is 2.16. The van der Waals surface area contributed by atoms with E-state index in [1.165, 1.54) is 13.3 Å². The normalized spacial score (nSPS) is 13.8. The van der Waals surface area contributed by atoms with Crippen LogP contribution in [0, 0.1) is 11.3 Å². The first kappa shape index (κ1) is 22.9. The molecule has 0 aliphatic heterocycles. The third-order valence-electron chi connectivity index (χ3n) is 5.75. The van der Waals surface area contributed by atoms with Crippen molar-refractivity contribution in [2.45, 2.75) is 6.61 Å². The monoisotopic (exact) mass is 592 g/mol. The molecule has 0 bridgehead atoms. The minimum Gasteiger partial charge on any atom is -0.489 e. The minimum atomic E-state index is -2.90. The van der Waals surface area contributed by atoms with Crippen molar-refractivity contribution in [2.75, 3.05) is 51.5 Å². The van der Waals surface area contributed by atoms with Gasteiger partial charge in [0.15, 0.2) is 0 Å². The molecule has 4 aromatic rings. The second-order valence-corrected chi connectivity index (χ2v) is 9.15. The largest absolute Gasteiger partial charge is 0.489 e. The van der Waals surface area contributed by atoms with Crippen LogP contribution in [0.4, 0.5) is 17.1 Å². The molecule has 0 fully saturated rings. The van der Waals surface area contributed by atoms with Crippen LogP contribution in [0.1, 0.15) is 19.5 Å². The molecule has 42 heavy (non-hydrogen) atoms. The van der Waals surface area contributed by atoms with Crippen molar-refractivity contribution in [3.05, 3.63) is 89.4 Å². The molecule has 0 spiro atoms. The van der Waals surface area contributed by atoms with Crippen LogP contribution >= 0.6 is 11.6 Å². The predicted molar refractivity (Wildman–Crippen MR) is 163 cm³/mol. The Labute approximate surface area is 257 Å². The van der Waals surface area contributed by atoms with Crippen molar-refractivity contribution in [1.29, 1.82) is 5.26 Å². The fraction of sp³-hybridized carbons (Fsp3) is 0.226. The number of carbonyl (C=O) groups excluding carboxylic acids is 1. The van der Waals surface area contributed by atoms with Gasteiger partial charge < -0.3 is 29.7 Å². The number of hydrogen-bond acceptors (Lipinski definition) is 9. The highest BCUT2D eigenvalue weighted by atomic mass is 35.5. The van der Waals surface area contributed by atoms with Crippen molar-refractivity contribution >= 4 is 45.5 Å². The molecule has 4 rings (SSSR count). The summed E-state index contributed by atoms with van der Waals surface area (Å²) in [5, 5.41) is 16.6. The van der Waals surface area contributed by atoms with E-state index in [2.05, 4.69) is 26.7 Å². The van der Waals surface area contributed by atoms with Gasteiger partial charge in [0.1, 0.15) is 30.8 Å². The Bertz CT molecular complexity index is 1800. The summed E-state index contributed by atoms with van der Waals surface area (Å²) >= 11 is 6.52. The highest BCUT2D eigenvalue weighted by Crippen LogP contribution is 2.37. The van der Waals surface area contributed by atoms with Crippen molar-refractivity contribution in [2.24, 2.45) is 0 Å². The number of benzene rings is 2. The van der Waals surface area contributed by atoms with E-state index < -0.39 is 26.4 Å². The molecule has 0 aliphatic carbocycles. The number of halogens is 1. The summed E-state index contributed by atoms with van der Waals surface area (Å²) in [7, 11) is 1.51. The average Bonchev–Trinajstić information content (AvgIpc) is 3.02. The second-order valence-electron chi connectivity index (χ2n) is 8.75. The van der Waals surface area contributed by atoms with Crippen molar-refractivity contribution in [3.8, 4) is 17.6 Å². The SMILES string of the molecule is [2H]C([2H])([2H])N(C/C=C/C(=O)Nc1cc2c(Nc3ccc(OCc4ccccn4)c(Cl)c3)c(C#N)cnc2cc1OCCOC)C([2H])([2H])[2H]. The maximum absolute atomic E-state index is 12.9. The summed E-state index contributed by atoms with van der Waals surface area (Å²) < 4.78 is 61.7. The Morgan fingerprint density at radius 3 is 2.76 bits per heavy atom. The van der Waals surface area contributed by atoms with Gasteiger partial charge in [-0.25, -0.2) is 0 Å². The van der Waals surface area contributed by atoms with Crippen molar-refractivity contribution < 1.29 is 27.2 Å². The Morgan fingerprint density at radius 1 is 1.14 bits per heavy atom. The van der Waals surface area contributed by atoms with Gasteiger partial charge in [0.25, 0.3) is 0 Å². The number of methoxy groups -OCH3 is 1. The molecule has 2 aromatic carbocycles. The lowest BCUT2D eigenvalue weighted by Crippen LogP contribution is -2.14. The van der Waals surface area contributed by atoms with Crippen LogP contribution in [0.3, 0.4) is 0 Å². The Balaban J connectivity index is 1.63. The van der Waals surface area contributed by atoms with Gasteiger partial charge >= 0.3 is 0 Å². The lowest BCUT2D eigenvalue weighted by atomic mass is 10.1. The predicted octanol–water partition coefficient (Wildman–Crippen LogP) is 5.56. The highest BCUT2D eigenvalue weighted by molar-refractivity contribution is 6.32. The Kier molecular flexibility index (Phi) is 8.08. The molecule has 0 radical (unpaired) electrons. The fourth-order valence-corrected chi connectivity index (χ4v) is 4.04. The van der Waals surface area contributed by atoms with Crippen molar-refractivity contribution in [3.63, 3.8) is 0 Å². The number of carbonyl (C=O) groups is 1. The molecule has 0 aliphatic rings. The Morgan fingerprint density at radius 2 is 2.02 bits per heavy atom. The number of nitrogens with zero attached hydrogens (tertiary/aromatic N) is 4. The summed E-state index contributed by atoms with van der Waals surface area (Å²) in [5.74, 6) is -0.00723. The molecule has 11 heteroatoms. The number of pyridine rings is 2. The third kappa shape index (κ3) is 8.17. The Hall–Kier alpha value is -4.69. The molecule has 0 saturated carbocycles. The van der Waals surface area contributed by atoms with E-state index in [9.17, 15) is 10.1 Å². The number of ether oxygens (including phenoxy) is 3.